The molecule has 3 fully saturated rings. The summed E-state index contributed by atoms with van der Waals surface area (Å²) in [5.41, 5.74) is 2.78. The zero-order valence-electron chi connectivity index (χ0n) is 28.1. The molecule has 0 saturated carbocycles. The molecule has 0 aliphatic carbocycles. The normalized spacial score (nSPS) is 20.7. The number of benzene rings is 1. The molecule has 4 heterocycles. The van der Waals surface area contributed by atoms with Gasteiger partial charge in [0.2, 0.25) is 5.91 Å². The molecule has 1 aromatic carbocycles. The van der Waals surface area contributed by atoms with E-state index in [9.17, 15) is 14.9 Å². The molecule has 47 heavy (non-hydrogen) atoms. The summed E-state index contributed by atoms with van der Waals surface area (Å²) in [5, 5.41) is 19.5. The van der Waals surface area contributed by atoms with E-state index in [2.05, 4.69) is 22.0 Å². The number of nitriles is 1. The number of nitrogens with one attached hydrogen (secondary N) is 3. The largest absolute Gasteiger partial charge is 0.444 e. The second kappa shape index (κ2) is 14.9. The van der Waals surface area contributed by atoms with E-state index in [4.69, 9.17) is 28.9 Å². The highest BCUT2D eigenvalue weighted by Gasteiger charge is 2.40. The Morgan fingerprint density at radius 3 is 2.45 bits per heavy atom. The van der Waals surface area contributed by atoms with Gasteiger partial charge in [-0.05, 0) is 58.7 Å². The van der Waals surface area contributed by atoms with Gasteiger partial charge in [-0.15, -0.1) is 0 Å². The Kier molecular flexibility index (Phi) is 10.9. The molecule has 3 aliphatic heterocycles. The molecule has 0 radical (unpaired) electrons. The third-order valence-electron chi connectivity index (χ3n) is 8.33. The van der Waals surface area contributed by atoms with Crippen LogP contribution in [0.4, 0.5) is 10.6 Å². The standard InChI is InChI=1S/C33H46N8O6/c1-20-23(18-34)8-7-9-24(20)21(2)36-29-26(31-45-16-17-46-31)27(37-22(3)38-29)28(30(42)39-25-19-35-10-15-44-25)40-11-13-41(14-12-40)32(43)47-33(4,5)6/h7-9,21,25,28,31,35H,10-17,19H2,1-6H3,(H,39,42)(H,36,37,38)/t21-,25?,28?/m1/s1. The average molecular weight is 651 g/mol. The van der Waals surface area contributed by atoms with E-state index < -0.39 is 24.2 Å². The molecule has 3 atom stereocenters. The van der Waals surface area contributed by atoms with Crippen molar-refractivity contribution in [2.75, 3.05) is 64.4 Å². The average Bonchev–Trinajstić information content (AvgIpc) is 3.56. The van der Waals surface area contributed by atoms with E-state index in [0.29, 0.717) is 87.6 Å². The van der Waals surface area contributed by atoms with Gasteiger partial charge in [-0.3, -0.25) is 9.69 Å². The minimum absolute atomic E-state index is 0.253. The predicted molar refractivity (Wildman–Crippen MR) is 172 cm³/mol. The van der Waals surface area contributed by atoms with Gasteiger partial charge in [0.25, 0.3) is 0 Å². The van der Waals surface area contributed by atoms with Crippen LogP contribution in [-0.4, -0.2) is 103 Å². The minimum atomic E-state index is -0.870. The summed E-state index contributed by atoms with van der Waals surface area (Å²) >= 11 is 0. The number of hydrogen-bond acceptors (Lipinski definition) is 12. The van der Waals surface area contributed by atoms with Gasteiger partial charge < -0.3 is 39.8 Å². The highest BCUT2D eigenvalue weighted by Crippen LogP contribution is 2.38. The maximum Gasteiger partial charge on any atom is 0.410 e. The molecular formula is C33H46N8O6. The van der Waals surface area contributed by atoms with Gasteiger partial charge in [0.1, 0.15) is 29.5 Å². The SMILES string of the molecule is Cc1nc(N[C@H](C)c2cccc(C#N)c2C)c(C2OCCO2)c(C(C(=O)NC2CNCCO2)N2CCN(C(=O)OC(C)(C)C)CC2)n1. The quantitative estimate of drug-likeness (QED) is 0.384. The van der Waals surface area contributed by atoms with Crippen LogP contribution in [0.3, 0.4) is 0 Å². The van der Waals surface area contributed by atoms with Crippen molar-refractivity contribution in [1.82, 2.24) is 30.4 Å². The first-order chi connectivity index (χ1) is 22.4. The maximum atomic E-state index is 14.3. The van der Waals surface area contributed by atoms with Gasteiger partial charge in [-0.25, -0.2) is 14.8 Å². The summed E-state index contributed by atoms with van der Waals surface area (Å²) in [5.74, 6) is 0.646. The lowest BCUT2D eigenvalue weighted by molar-refractivity contribution is -0.133. The van der Waals surface area contributed by atoms with Crippen LogP contribution in [0.5, 0.6) is 0 Å². The first-order valence-corrected chi connectivity index (χ1v) is 16.2. The van der Waals surface area contributed by atoms with Crippen LogP contribution in [0, 0.1) is 25.2 Å². The van der Waals surface area contributed by atoms with Crippen LogP contribution in [0.15, 0.2) is 18.2 Å². The summed E-state index contributed by atoms with van der Waals surface area (Å²) < 4.78 is 23.5. The van der Waals surface area contributed by atoms with Crippen molar-refractivity contribution < 1.29 is 28.5 Å². The Bertz CT molecular complexity index is 1470. The lowest BCUT2D eigenvalue weighted by atomic mass is 9.97. The Morgan fingerprint density at radius 2 is 1.81 bits per heavy atom. The van der Waals surface area contributed by atoms with E-state index in [1.807, 2.05) is 51.7 Å². The van der Waals surface area contributed by atoms with Crippen LogP contribution in [0.25, 0.3) is 0 Å². The number of carbonyl (C=O) groups is 2. The molecule has 3 saturated heterocycles. The number of aromatic nitrogens is 2. The molecule has 3 N–H and O–H groups in total. The topological polar surface area (TPSA) is 163 Å². The predicted octanol–water partition coefficient (Wildman–Crippen LogP) is 2.84. The minimum Gasteiger partial charge on any atom is -0.444 e. The van der Waals surface area contributed by atoms with Gasteiger partial charge in [0, 0.05) is 39.3 Å². The Labute approximate surface area is 276 Å². The van der Waals surface area contributed by atoms with Crippen molar-refractivity contribution in [3.63, 3.8) is 0 Å². The van der Waals surface area contributed by atoms with Gasteiger partial charge >= 0.3 is 6.09 Å². The fourth-order valence-corrected chi connectivity index (χ4v) is 6.05. The Balaban J connectivity index is 1.52. The molecular weight excluding hydrogens is 604 g/mol. The third kappa shape index (κ3) is 8.35. The number of ether oxygens (including phenoxy) is 4. The molecule has 14 nitrogen and oxygen atoms in total. The van der Waals surface area contributed by atoms with Gasteiger partial charge in [-0.2, -0.15) is 5.26 Å². The number of carbonyl (C=O) groups excluding carboxylic acids is 2. The van der Waals surface area contributed by atoms with E-state index in [1.165, 1.54) is 0 Å². The van der Waals surface area contributed by atoms with E-state index in [-0.39, 0.29) is 18.0 Å². The molecule has 3 aliphatic rings. The highest BCUT2D eigenvalue weighted by molar-refractivity contribution is 5.84. The van der Waals surface area contributed by atoms with Crippen molar-refractivity contribution in [2.45, 2.75) is 71.7 Å². The second-order valence-electron chi connectivity index (χ2n) is 13.0. The van der Waals surface area contributed by atoms with Crippen molar-refractivity contribution >= 4 is 17.8 Å². The van der Waals surface area contributed by atoms with Crippen molar-refractivity contribution in [3.8, 4) is 6.07 Å². The molecule has 254 valence electrons. The third-order valence-corrected chi connectivity index (χ3v) is 8.33. The van der Waals surface area contributed by atoms with Crippen LogP contribution >= 0.6 is 0 Å². The molecule has 0 spiro atoms. The number of aryl methyl sites for hydroxylation is 1. The number of morpholine rings is 1. The number of rotatable bonds is 8. The summed E-state index contributed by atoms with van der Waals surface area (Å²) in [6.45, 7) is 15.2. The van der Waals surface area contributed by atoms with E-state index in [0.717, 1.165) is 11.1 Å². The highest BCUT2D eigenvalue weighted by atomic mass is 16.7. The molecule has 2 amide bonds. The van der Waals surface area contributed by atoms with Crippen LogP contribution in [0.2, 0.25) is 0 Å². The maximum absolute atomic E-state index is 14.3. The van der Waals surface area contributed by atoms with E-state index >= 15 is 0 Å². The lowest BCUT2D eigenvalue weighted by Crippen LogP contribution is -2.56. The second-order valence-corrected chi connectivity index (χ2v) is 13.0. The number of anilines is 1. The van der Waals surface area contributed by atoms with Gasteiger partial charge in [-0.1, -0.05) is 12.1 Å². The van der Waals surface area contributed by atoms with E-state index in [1.54, 1.807) is 17.9 Å². The number of amides is 2. The fourth-order valence-electron chi connectivity index (χ4n) is 6.05. The molecule has 5 rings (SSSR count). The van der Waals surface area contributed by atoms with Crippen LogP contribution < -0.4 is 16.0 Å². The molecule has 1 aromatic heterocycles. The summed E-state index contributed by atoms with van der Waals surface area (Å²) in [4.78, 5) is 40.5. The summed E-state index contributed by atoms with van der Waals surface area (Å²) in [6, 6.07) is 6.76. The molecule has 14 heteroatoms. The van der Waals surface area contributed by atoms with Crippen molar-refractivity contribution in [2.24, 2.45) is 0 Å². The zero-order valence-corrected chi connectivity index (χ0v) is 28.1. The van der Waals surface area contributed by atoms with Gasteiger partial charge in [0.05, 0.1) is 48.8 Å². The number of nitrogens with zero attached hydrogens (tertiary/aromatic N) is 5. The first-order valence-electron chi connectivity index (χ1n) is 16.2. The van der Waals surface area contributed by atoms with Gasteiger partial charge in [0.15, 0.2) is 6.29 Å². The zero-order chi connectivity index (χ0) is 33.7. The molecule has 0 bridgehead atoms. The van der Waals surface area contributed by atoms with Crippen molar-refractivity contribution in [3.05, 3.63) is 52.0 Å². The Hall–Kier alpha value is -3.87. The smallest absolute Gasteiger partial charge is 0.410 e. The summed E-state index contributed by atoms with van der Waals surface area (Å²) in [6.07, 6.45) is -1.71. The summed E-state index contributed by atoms with van der Waals surface area (Å²) in [7, 11) is 0. The lowest BCUT2D eigenvalue weighted by Gasteiger charge is -2.40. The van der Waals surface area contributed by atoms with Crippen molar-refractivity contribution in [1.29, 1.82) is 5.26 Å². The number of piperazine rings is 1. The first kappa shape index (κ1) is 34.5. The monoisotopic (exact) mass is 650 g/mol. The molecule has 2 unspecified atom stereocenters. The Morgan fingerprint density at radius 1 is 1.09 bits per heavy atom. The molecule has 2 aromatic rings. The fraction of sp³-hybridized carbons (Fsp3) is 0.606. The van der Waals surface area contributed by atoms with Crippen LogP contribution in [0.1, 0.15) is 79.8 Å². The number of hydrogen-bond donors (Lipinski definition) is 3. The van der Waals surface area contributed by atoms with Crippen LogP contribution in [-0.2, 0) is 23.7 Å².